The number of nitrogens with one attached hydrogen (secondary N) is 1. The van der Waals surface area contributed by atoms with Crippen molar-refractivity contribution < 1.29 is 14.3 Å². The summed E-state index contributed by atoms with van der Waals surface area (Å²) >= 11 is 0. The number of carbonyl (C=O) groups excluding carboxylic acids is 2. The molecule has 0 spiro atoms. The molecule has 0 radical (unpaired) electrons. The predicted molar refractivity (Wildman–Crippen MR) is 91.3 cm³/mol. The molecule has 1 rings (SSSR count). The van der Waals surface area contributed by atoms with Crippen molar-refractivity contribution >= 4 is 11.8 Å². The van der Waals surface area contributed by atoms with Gasteiger partial charge in [-0.25, -0.2) is 0 Å². The van der Waals surface area contributed by atoms with Gasteiger partial charge in [0.1, 0.15) is 5.75 Å². The number of likely N-dealkylation sites (N-methyl/N-ethyl adjacent to an activating group) is 1. The lowest BCUT2D eigenvalue weighted by molar-refractivity contribution is -0.136. The number of nitrogens with zero attached hydrogens (tertiary/aromatic N) is 1. The Hall–Kier alpha value is -2.04. The lowest BCUT2D eigenvalue weighted by Crippen LogP contribution is -2.47. The number of rotatable bonds is 8. The second-order valence-corrected chi connectivity index (χ2v) is 6.47. The van der Waals surface area contributed by atoms with E-state index in [0.717, 1.165) is 5.75 Å². The van der Waals surface area contributed by atoms with E-state index in [1.807, 2.05) is 58.0 Å². The molecule has 0 unspecified atom stereocenters. The summed E-state index contributed by atoms with van der Waals surface area (Å²) in [5.41, 5.74) is -0.289. The van der Waals surface area contributed by atoms with Crippen molar-refractivity contribution in [2.45, 2.75) is 46.1 Å². The molecule has 0 aliphatic rings. The van der Waals surface area contributed by atoms with Crippen molar-refractivity contribution in [2.75, 3.05) is 19.7 Å². The average Bonchev–Trinajstić information content (AvgIpc) is 2.48. The molecule has 5 heteroatoms. The second kappa shape index (κ2) is 9.18. The second-order valence-electron chi connectivity index (χ2n) is 6.47. The molecule has 0 heterocycles. The van der Waals surface area contributed by atoms with Gasteiger partial charge in [0.15, 0.2) is 0 Å². The van der Waals surface area contributed by atoms with Gasteiger partial charge >= 0.3 is 0 Å². The molecule has 128 valence electrons. The van der Waals surface area contributed by atoms with Crippen LogP contribution in [-0.4, -0.2) is 41.9 Å². The standard InChI is InChI=1S/C18H28N2O3/c1-5-20(14-16(21)19-18(2,3)4)17(22)12-9-13-23-15-10-7-6-8-11-15/h6-8,10-11H,5,9,12-14H2,1-4H3,(H,19,21). The maximum absolute atomic E-state index is 12.2. The Morgan fingerprint density at radius 1 is 1.17 bits per heavy atom. The van der Waals surface area contributed by atoms with Gasteiger partial charge in [0.05, 0.1) is 13.2 Å². The fourth-order valence-corrected chi connectivity index (χ4v) is 2.10. The van der Waals surface area contributed by atoms with Gasteiger partial charge < -0.3 is 15.0 Å². The maximum atomic E-state index is 12.2. The van der Waals surface area contributed by atoms with Gasteiger partial charge in [-0.1, -0.05) is 18.2 Å². The molecule has 1 aromatic rings. The lowest BCUT2D eigenvalue weighted by Gasteiger charge is -2.25. The molecule has 2 amide bonds. The molecule has 0 fully saturated rings. The van der Waals surface area contributed by atoms with E-state index in [-0.39, 0.29) is 23.9 Å². The molecular weight excluding hydrogens is 292 g/mol. The molecule has 1 aromatic carbocycles. The van der Waals surface area contributed by atoms with E-state index in [1.165, 1.54) is 0 Å². The minimum absolute atomic E-state index is 0.0202. The number of carbonyl (C=O) groups is 2. The molecule has 0 bridgehead atoms. The largest absolute Gasteiger partial charge is 0.494 e. The Morgan fingerprint density at radius 2 is 1.83 bits per heavy atom. The van der Waals surface area contributed by atoms with Crippen LogP contribution in [0.3, 0.4) is 0 Å². The number of benzene rings is 1. The Kier molecular flexibility index (Phi) is 7.59. The van der Waals surface area contributed by atoms with Gasteiger partial charge in [-0.2, -0.15) is 0 Å². The van der Waals surface area contributed by atoms with E-state index in [9.17, 15) is 9.59 Å². The zero-order valence-corrected chi connectivity index (χ0v) is 14.6. The minimum atomic E-state index is -0.289. The van der Waals surface area contributed by atoms with E-state index in [2.05, 4.69) is 5.32 Å². The lowest BCUT2D eigenvalue weighted by atomic mass is 10.1. The average molecular weight is 320 g/mol. The van der Waals surface area contributed by atoms with Gasteiger partial charge in [0, 0.05) is 18.5 Å². The fourth-order valence-electron chi connectivity index (χ4n) is 2.10. The van der Waals surface area contributed by atoms with E-state index >= 15 is 0 Å². The van der Waals surface area contributed by atoms with E-state index in [0.29, 0.717) is 26.0 Å². The monoisotopic (exact) mass is 320 g/mol. The van der Waals surface area contributed by atoms with Crippen LogP contribution in [0.4, 0.5) is 0 Å². The molecule has 0 aromatic heterocycles. The summed E-state index contributed by atoms with van der Waals surface area (Å²) in [5, 5.41) is 2.87. The first-order valence-electron chi connectivity index (χ1n) is 8.08. The number of amides is 2. The third-order valence-corrected chi connectivity index (χ3v) is 3.13. The van der Waals surface area contributed by atoms with Crippen LogP contribution in [-0.2, 0) is 9.59 Å². The van der Waals surface area contributed by atoms with Crippen LogP contribution in [0.25, 0.3) is 0 Å². The Bertz CT molecular complexity index is 495. The Balaban J connectivity index is 2.32. The predicted octanol–water partition coefficient (Wildman–Crippen LogP) is 2.61. The zero-order chi connectivity index (χ0) is 17.3. The first-order valence-corrected chi connectivity index (χ1v) is 8.08. The normalized spacial score (nSPS) is 11.0. The maximum Gasteiger partial charge on any atom is 0.240 e. The topological polar surface area (TPSA) is 58.6 Å². The van der Waals surface area contributed by atoms with E-state index < -0.39 is 0 Å². The van der Waals surface area contributed by atoms with Crippen LogP contribution in [0.15, 0.2) is 30.3 Å². The number of hydrogen-bond donors (Lipinski definition) is 1. The van der Waals surface area contributed by atoms with Crippen LogP contribution in [0, 0.1) is 0 Å². The summed E-state index contributed by atoms with van der Waals surface area (Å²) in [5.74, 6) is 0.651. The van der Waals surface area contributed by atoms with Gasteiger partial charge in [-0.15, -0.1) is 0 Å². The summed E-state index contributed by atoms with van der Waals surface area (Å²) in [4.78, 5) is 25.7. The summed E-state index contributed by atoms with van der Waals surface area (Å²) < 4.78 is 5.57. The molecule has 0 saturated carbocycles. The number of hydrogen-bond acceptors (Lipinski definition) is 3. The van der Waals surface area contributed by atoms with Gasteiger partial charge in [0.25, 0.3) is 0 Å². The molecule has 23 heavy (non-hydrogen) atoms. The van der Waals surface area contributed by atoms with Gasteiger partial charge in [0.2, 0.25) is 11.8 Å². The Labute approximate surface area is 139 Å². The summed E-state index contributed by atoms with van der Waals surface area (Å²) in [6.45, 7) is 8.75. The van der Waals surface area contributed by atoms with E-state index in [1.54, 1.807) is 4.90 Å². The summed E-state index contributed by atoms with van der Waals surface area (Å²) in [6.07, 6.45) is 1.01. The smallest absolute Gasteiger partial charge is 0.240 e. The summed E-state index contributed by atoms with van der Waals surface area (Å²) in [7, 11) is 0. The van der Waals surface area contributed by atoms with Crippen molar-refractivity contribution in [3.05, 3.63) is 30.3 Å². The van der Waals surface area contributed by atoms with Crippen LogP contribution in [0.2, 0.25) is 0 Å². The van der Waals surface area contributed by atoms with Crippen molar-refractivity contribution in [1.82, 2.24) is 10.2 Å². The SMILES string of the molecule is CCN(CC(=O)NC(C)(C)C)C(=O)CCCOc1ccccc1. The highest BCUT2D eigenvalue weighted by Crippen LogP contribution is 2.09. The number of ether oxygens (including phenoxy) is 1. The molecule has 0 aliphatic heterocycles. The molecular formula is C18H28N2O3. The molecule has 0 aliphatic carbocycles. The molecule has 1 N–H and O–H groups in total. The molecule has 5 nitrogen and oxygen atoms in total. The van der Waals surface area contributed by atoms with Crippen LogP contribution < -0.4 is 10.1 Å². The first kappa shape index (κ1) is 19.0. The molecule has 0 saturated heterocycles. The zero-order valence-electron chi connectivity index (χ0n) is 14.6. The quantitative estimate of drug-likeness (QED) is 0.749. The number of para-hydroxylation sites is 1. The Morgan fingerprint density at radius 3 is 2.39 bits per heavy atom. The van der Waals surface area contributed by atoms with Crippen LogP contribution in [0.5, 0.6) is 5.75 Å². The highest BCUT2D eigenvalue weighted by molar-refractivity contribution is 5.85. The molecule has 0 atom stereocenters. The van der Waals surface area contributed by atoms with Crippen molar-refractivity contribution in [3.8, 4) is 5.75 Å². The third-order valence-electron chi connectivity index (χ3n) is 3.13. The highest BCUT2D eigenvalue weighted by Gasteiger charge is 2.19. The van der Waals surface area contributed by atoms with Crippen LogP contribution in [0.1, 0.15) is 40.5 Å². The third kappa shape index (κ3) is 8.24. The van der Waals surface area contributed by atoms with Crippen molar-refractivity contribution in [3.63, 3.8) is 0 Å². The highest BCUT2D eigenvalue weighted by atomic mass is 16.5. The van der Waals surface area contributed by atoms with Gasteiger partial charge in [-0.05, 0) is 46.2 Å². The van der Waals surface area contributed by atoms with E-state index in [4.69, 9.17) is 4.74 Å². The summed E-state index contributed by atoms with van der Waals surface area (Å²) in [6, 6.07) is 9.52. The van der Waals surface area contributed by atoms with Crippen molar-refractivity contribution in [2.24, 2.45) is 0 Å². The van der Waals surface area contributed by atoms with Gasteiger partial charge in [-0.3, -0.25) is 9.59 Å². The fraction of sp³-hybridized carbons (Fsp3) is 0.556. The van der Waals surface area contributed by atoms with Crippen molar-refractivity contribution in [1.29, 1.82) is 0 Å². The van der Waals surface area contributed by atoms with Crippen LogP contribution >= 0.6 is 0 Å². The minimum Gasteiger partial charge on any atom is -0.494 e. The first-order chi connectivity index (χ1) is 10.8.